The molecule has 0 aliphatic heterocycles. The average Bonchev–Trinajstić information content (AvgIpc) is 2.07. The van der Waals surface area contributed by atoms with Crippen molar-refractivity contribution in [3.05, 3.63) is 11.1 Å². The summed E-state index contributed by atoms with van der Waals surface area (Å²) in [5, 5.41) is 9.75. The van der Waals surface area contributed by atoms with Crippen molar-refractivity contribution in [3.63, 3.8) is 0 Å². The van der Waals surface area contributed by atoms with Gasteiger partial charge in [-0.3, -0.25) is 0 Å². The Morgan fingerprint density at radius 3 is 2.62 bits per heavy atom. The van der Waals surface area contributed by atoms with Gasteiger partial charge in [-0.1, -0.05) is 32.8 Å². The van der Waals surface area contributed by atoms with Crippen LogP contribution in [0.1, 0.15) is 53.4 Å². The minimum atomic E-state index is -0.172. The summed E-state index contributed by atoms with van der Waals surface area (Å²) in [4.78, 5) is 0. The van der Waals surface area contributed by atoms with Gasteiger partial charge in [0.05, 0.1) is 6.10 Å². The molecule has 0 saturated carbocycles. The fourth-order valence-corrected chi connectivity index (χ4v) is 2.39. The lowest BCUT2D eigenvalue weighted by atomic mass is 9.70. The average molecular weight is 182 g/mol. The molecular formula is C12H22O. The Balaban J connectivity index is 2.95. The summed E-state index contributed by atoms with van der Waals surface area (Å²) < 4.78 is 0. The molecule has 1 nitrogen and oxygen atoms in total. The van der Waals surface area contributed by atoms with Gasteiger partial charge < -0.3 is 5.11 Å². The number of allylic oxidation sites excluding steroid dienone is 1. The van der Waals surface area contributed by atoms with Gasteiger partial charge in [-0.15, -0.1) is 0 Å². The Hall–Kier alpha value is -0.300. The molecule has 0 unspecified atom stereocenters. The number of aliphatic hydroxyl groups is 1. The van der Waals surface area contributed by atoms with Crippen molar-refractivity contribution < 1.29 is 5.11 Å². The minimum Gasteiger partial charge on any atom is -0.389 e. The molecule has 1 aliphatic carbocycles. The fraction of sp³-hybridized carbons (Fsp3) is 0.833. The molecule has 0 fully saturated rings. The van der Waals surface area contributed by atoms with Gasteiger partial charge in [0.2, 0.25) is 0 Å². The van der Waals surface area contributed by atoms with Crippen molar-refractivity contribution in [1.82, 2.24) is 0 Å². The van der Waals surface area contributed by atoms with E-state index in [1.807, 2.05) is 0 Å². The van der Waals surface area contributed by atoms with Gasteiger partial charge in [-0.2, -0.15) is 0 Å². The molecule has 0 spiro atoms. The number of aliphatic hydroxyl groups excluding tert-OH is 1. The van der Waals surface area contributed by atoms with Crippen LogP contribution in [-0.4, -0.2) is 11.2 Å². The molecule has 1 N–H and O–H groups in total. The predicted molar refractivity (Wildman–Crippen MR) is 56.6 cm³/mol. The summed E-state index contributed by atoms with van der Waals surface area (Å²) in [5.74, 6) is 0. The van der Waals surface area contributed by atoms with Crippen LogP contribution in [0.4, 0.5) is 0 Å². The number of rotatable bonds is 2. The second kappa shape index (κ2) is 3.83. The Morgan fingerprint density at radius 2 is 2.08 bits per heavy atom. The topological polar surface area (TPSA) is 20.2 Å². The first-order valence-corrected chi connectivity index (χ1v) is 5.37. The van der Waals surface area contributed by atoms with Crippen molar-refractivity contribution in [3.8, 4) is 0 Å². The first kappa shape index (κ1) is 10.8. The zero-order chi connectivity index (χ0) is 10.1. The third-order valence-electron chi connectivity index (χ3n) is 3.34. The van der Waals surface area contributed by atoms with Crippen LogP contribution >= 0.6 is 0 Å². The van der Waals surface area contributed by atoms with Crippen LogP contribution in [0.15, 0.2) is 11.1 Å². The van der Waals surface area contributed by atoms with E-state index in [0.29, 0.717) is 5.41 Å². The molecule has 0 saturated heterocycles. The van der Waals surface area contributed by atoms with Gasteiger partial charge in [0.25, 0.3) is 0 Å². The normalized spacial score (nSPS) is 27.9. The highest BCUT2D eigenvalue weighted by molar-refractivity contribution is 5.25. The van der Waals surface area contributed by atoms with E-state index in [9.17, 15) is 5.11 Å². The lowest BCUT2D eigenvalue weighted by molar-refractivity contribution is 0.158. The Bertz CT molecular complexity index is 213. The number of hydrogen-bond acceptors (Lipinski definition) is 1. The summed E-state index contributed by atoms with van der Waals surface area (Å²) in [6, 6.07) is 0. The SMILES string of the molecule is CCCC1=C(C)[C@@H](O)CCC1(C)C. The van der Waals surface area contributed by atoms with E-state index in [2.05, 4.69) is 27.7 Å². The van der Waals surface area contributed by atoms with Crippen LogP contribution in [0.2, 0.25) is 0 Å². The van der Waals surface area contributed by atoms with Crippen molar-refractivity contribution in [2.75, 3.05) is 0 Å². The summed E-state index contributed by atoms with van der Waals surface area (Å²) in [7, 11) is 0. The Labute approximate surface area is 81.9 Å². The molecule has 0 amide bonds. The monoisotopic (exact) mass is 182 g/mol. The third-order valence-corrected chi connectivity index (χ3v) is 3.34. The fourth-order valence-electron chi connectivity index (χ4n) is 2.39. The summed E-state index contributed by atoms with van der Waals surface area (Å²) in [6.45, 7) is 8.90. The molecule has 1 rings (SSSR count). The molecule has 0 heterocycles. The molecule has 0 aromatic carbocycles. The molecule has 13 heavy (non-hydrogen) atoms. The van der Waals surface area contributed by atoms with Crippen LogP contribution in [0.3, 0.4) is 0 Å². The van der Waals surface area contributed by atoms with Gasteiger partial charge in [0.1, 0.15) is 0 Å². The summed E-state index contributed by atoms with van der Waals surface area (Å²) in [6.07, 6.45) is 4.22. The van der Waals surface area contributed by atoms with E-state index in [4.69, 9.17) is 0 Å². The Kier molecular flexibility index (Phi) is 3.18. The molecule has 1 atom stereocenters. The quantitative estimate of drug-likeness (QED) is 0.650. The third kappa shape index (κ3) is 2.14. The second-order valence-electron chi connectivity index (χ2n) is 4.85. The molecular weight excluding hydrogens is 160 g/mol. The number of hydrogen-bond donors (Lipinski definition) is 1. The summed E-state index contributed by atoms with van der Waals surface area (Å²) in [5.41, 5.74) is 3.05. The molecule has 1 heteroatoms. The Morgan fingerprint density at radius 1 is 1.46 bits per heavy atom. The highest BCUT2D eigenvalue weighted by Gasteiger charge is 2.31. The van der Waals surface area contributed by atoms with Gasteiger partial charge in [-0.25, -0.2) is 0 Å². The zero-order valence-electron chi connectivity index (χ0n) is 9.35. The van der Waals surface area contributed by atoms with E-state index in [1.165, 1.54) is 17.6 Å². The molecule has 1 aliphatic rings. The van der Waals surface area contributed by atoms with Crippen LogP contribution < -0.4 is 0 Å². The maximum Gasteiger partial charge on any atom is 0.0750 e. The van der Waals surface area contributed by atoms with E-state index in [0.717, 1.165) is 19.3 Å². The van der Waals surface area contributed by atoms with Gasteiger partial charge in [0, 0.05) is 0 Å². The van der Waals surface area contributed by atoms with E-state index in [-0.39, 0.29) is 6.10 Å². The molecule has 0 bridgehead atoms. The van der Waals surface area contributed by atoms with E-state index < -0.39 is 0 Å². The van der Waals surface area contributed by atoms with Gasteiger partial charge in [-0.05, 0) is 37.2 Å². The lowest BCUT2D eigenvalue weighted by Gasteiger charge is -2.37. The van der Waals surface area contributed by atoms with Crippen molar-refractivity contribution in [2.24, 2.45) is 5.41 Å². The van der Waals surface area contributed by atoms with Crippen molar-refractivity contribution >= 4 is 0 Å². The van der Waals surface area contributed by atoms with Crippen LogP contribution in [0, 0.1) is 5.41 Å². The smallest absolute Gasteiger partial charge is 0.0750 e. The highest BCUT2D eigenvalue weighted by Crippen LogP contribution is 2.42. The van der Waals surface area contributed by atoms with Crippen molar-refractivity contribution in [2.45, 2.75) is 59.5 Å². The van der Waals surface area contributed by atoms with Gasteiger partial charge in [0.15, 0.2) is 0 Å². The van der Waals surface area contributed by atoms with Crippen LogP contribution in [0.5, 0.6) is 0 Å². The standard InChI is InChI=1S/C12H22O/c1-5-6-10-9(2)11(13)7-8-12(10,3)4/h11,13H,5-8H2,1-4H3/t11-/m0/s1. The van der Waals surface area contributed by atoms with Crippen molar-refractivity contribution in [1.29, 1.82) is 0 Å². The minimum absolute atomic E-state index is 0.172. The van der Waals surface area contributed by atoms with Crippen LogP contribution in [0.25, 0.3) is 0 Å². The zero-order valence-corrected chi connectivity index (χ0v) is 9.35. The second-order valence-corrected chi connectivity index (χ2v) is 4.85. The predicted octanol–water partition coefficient (Wildman–Crippen LogP) is 3.28. The first-order valence-electron chi connectivity index (χ1n) is 5.37. The van der Waals surface area contributed by atoms with E-state index >= 15 is 0 Å². The first-order chi connectivity index (χ1) is 5.99. The summed E-state index contributed by atoms with van der Waals surface area (Å²) >= 11 is 0. The largest absolute Gasteiger partial charge is 0.389 e. The lowest BCUT2D eigenvalue weighted by Crippen LogP contribution is -2.27. The maximum absolute atomic E-state index is 9.75. The van der Waals surface area contributed by atoms with Crippen LogP contribution in [-0.2, 0) is 0 Å². The molecule has 0 radical (unpaired) electrons. The van der Waals surface area contributed by atoms with Gasteiger partial charge >= 0.3 is 0 Å². The maximum atomic E-state index is 9.75. The molecule has 0 aromatic heterocycles. The molecule has 0 aromatic rings. The molecule has 76 valence electrons. The highest BCUT2D eigenvalue weighted by atomic mass is 16.3. The van der Waals surface area contributed by atoms with E-state index in [1.54, 1.807) is 0 Å².